The van der Waals surface area contributed by atoms with Crippen LogP contribution in [0.15, 0.2) is 72.8 Å². The summed E-state index contributed by atoms with van der Waals surface area (Å²) in [6.07, 6.45) is 0. The number of hydrogen-bond acceptors (Lipinski definition) is 8. The first-order valence-corrected chi connectivity index (χ1v) is 13.5. The minimum Gasteiger partial charge on any atom is -0.452 e. The number of esters is 4. The highest BCUT2D eigenvalue weighted by atomic mass is 16.6. The summed E-state index contributed by atoms with van der Waals surface area (Å²) in [6.45, 7) is 10.5. The molecule has 0 aliphatic carbocycles. The second kappa shape index (κ2) is 12.0. The van der Waals surface area contributed by atoms with Crippen LogP contribution in [-0.4, -0.2) is 23.9 Å². The Balaban J connectivity index is 1.30. The third-order valence-corrected chi connectivity index (χ3v) is 6.30. The highest BCUT2D eigenvalue weighted by Gasteiger charge is 2.25. The zero-order chi connectivity index (χ0) is 30.7. The summed E-state index contributed by atoms with van der Waals surface area (Å²) in [7, 11) is 0. The second-order valence-electron chi connectivity index (χ2n) is 12.1. The van der Waals surface area contributed by atoms with E-state index in [0.717, 1.165) is 21.5 Å². The van der Waals surface area contributed by atoms with E-state index in [4.69, 9.17) is 18.9 Å². The van der Waals surface area contributed by atoms with E-state index in [1.807, 2.05) is 36.4 Å². The number of carbonyl (C=O) groups excluding carboxylic acids is 4. The Kier molecular flexibility index (Phi) is 8.66. The molecule has 4 rings (SSSR count). The summed E-state index contributed by atoms with van der Waals surface area (Å²) in [4.78, 5) is 48.8. The minimum absolute atomic E-state index is 0.108. The molecule has 0 bridgehead atoms. The van der Waals surface area contributed by atoms with E-state index in [2.05, 4.69) is 0 Å². The topological polar surface area (TPSA) is 105 Å². The molecule has 0 radical (unpaired) electrons. The van der Waals surface area contributed by atoms with Crippen molar-refractivity contribution in [2.45, 2.75) is 54.8 Å². The van der Waals surface area contributed by atoms with Crippen molar-refractivity contribution in [3.8, 4) is 11.5 Å². The van der Waals surface area contributed by atoms with Crippen LogP contribution in [0.4, 0.5) is 0 Å². The Morgan fingerprint density at radius 1 is 0.500 bits per heavy atom. The van der Waals surface area contributed by atoms with E-state index < -0.39 is 22.8 Å². The Hall–Kier alpha value is -4.72. The van der Waals surface area contributed by atoms with Gasteiger partial charge in [-0.25, -0.2) is 9.59 Å². The average molecular weight is 571 g/mol. The van der Waals surface area contributed by atoms with Crippen molar-refractivity contribution in [1.29, 1.82) is 0 Å². The summed E-state index contributed by atoms with van der Waals surface area (Å²) in [5.74, 6) is -1.94. The van der Waals surface area contributed by atoms with Gasteiger partial charge in [0.2, 0.25) is 0 Å². The van der Waals surface area contributed by atoms with Gasteiger partial charge in [0.25, 0.3) is 0 Å². The lowest BCUT2D eigenvalue weighted by Crippen LogP contribution is -2.25. The third kappa shape index (κ3) is 7.72. The fourth-order valence-corrected chi connectivity index (χ4v) is 3.79. The fraction of sp³-hybridized carbons (Fsp3) is 0.294. The highest BCUT2D eigenvalue weighted by molar-refractivity contribution is 6.29. The number of ether oxygens (including phenoxy) is 4. The lowest BCUT2D eigenvalue weighted by atomic mass is 9.97. The summed E-state index contributed by atoms with van der Waals surface area (Å²) in [6, 6.07) is 21.4. The Morgan fingerprint density at radius 2 is 0.833 bits per heavy atom. The standard InChI is InChI=1S/C34H34O8/c1-33(2,3)31(37)41-27-13-11-23-15-21(7-9-25(23)17-27)19-39-29(35)30(36)40-20-22-8-10-26-18-28(14-12-24(26)16-22)42-32(38)34(4,5)6/h7-18H,19-20H2,1-6H3. The molecule has 8 heteroatoms. The van der Waals surface area contributed by atoms with Gasteiger partial charge in [-0.3, -0.25) is 9.59 Å². The maximum atomic E-state index is 12.3. The maximum Gasteiger partial charge on any atom is 0.417 e. The van der Waals surface area contributed by atoms with Gasteiger partial charge < -0.3 is 18.9 Å². The van der Waals surface area contributed by atoms with Crippen molar-refractivity contribution in [3.63, 3.8) is 0 Å². The molecule has 0 saturated heterocycles. The lowest BCUT2D eigenvalue weighted by Gasteiger charge is -2.16. The van der Waals surface area contributed by atoms with Crippen molar-refractivity contribution < 1.29 is 38.1 Å². The fourth-order valence-electron chi connectivity index (χ4n) is 3.79. The summed E-state index contributed by atoms with van der Waals surface area (Å²) < 4.78 is 21.2. The Morgan fingerprint density at radius 3 is 1.19 bits per heavy atom. The van der Waals surface area contributed by atoms with E-state index in [-0.39, 0.29) is 25.2 Å². The smallest absolute Gasteiger partial charge is 0.417 e. The van der Waals surface area contributed by atoms with Gasteiger partial charge in [0.1, 0.15) is 24.7 Å². The predicted molar refractivity (Wildman–Crippen MR) is 158 cm³/mol. The molecule has 0 aromatic heterocycles. The van der Waals surface area contributed by atoms with E-state index in [0.29, 0.717) is 22.6 Å². The van der Waals surface area contributed by atoms with Gasteiger partial charge >= 0.3 is 23.9 Å². The molecule has 0 N–H and O–H groups in total. The van der Waals surface area contributed by atoms with Crippen molar-refractivity contribution in [2.75, 3.05) is 0 Å². The molecule has 42 heavy (non-hydrogen) atoms. The second-order valence-corrected chi connectivity index (χ2v) is 12.1. The zero-order valence-corrected chi connectivity index (χ0v) is 24.6. The minimum atomic E-state index is -1.09. The largest absolute Gasteiger partial charge is 0.452 e. The molecule has 218 valence electrons. The molecule has 0 amide bonds. The van der Waals surface area contributed by atoms with E-state index >= 15 is 0 Å². The van der Waals surface area contributed by atoms with Gasteiger partial charge in [0.05, 0.1) is 10.8 Å². The Labute approximate surface area is 244 Å². The van der Waals surface area contributed by atoms with Gasteiger partial charge in [-0.2, -0.15) is 0 Å². The van der Waals surface area contributed by atoms with Gasteiger partial charge in [0, 0.05) is 0 Å². The number of rotatable bonds is 6. The lowest BCUT2D eigenvalue weighted by molar-refractivity contribution is -0.169. The van der Waals surface area contributed by atoms with E-state index in [9.17, 15) is 19.2 Å². The van der Waals surface area contributed by atoms with Gasteiger partial charge in [-0.15, -0.1) is 0 Å². The van der Waals surface area contributed by atoms with Crippen LogP contribution in [0.3, 0.4) is 0 Å². The normalized spacial score (nSPS) is 11.7. The van der Waals surface area contributed by atoms with Crippen LogP contribution >= 0.6 is 0 Å². The van der Waals surface area contributed by atoms with Crippen LogP contribution in [0.25, 0.3) is 21.5 Å². The van der Waals surface area contributed by atoms with Crippen molar-refractivity contribution in [3.05, 3.63) is 83.9 Å². The molecule has 0 aliphatic rings. The summed E-state index contributed by atoms with van der Waals surface area (Å²) >= 11 is 0. The van der Waals surface area contributed by atoms with Crippen molar-refractivity contribution in [2.24, 2.45) is 10.8 Å². The quantitative estimate of drug-likeness (QED) is 0.144. The molecule has 0 aliphatic heterocycles. The highest BCUT2D eigenvalue weighted by Crippen LogP contribution is 2.26. The molecular weight excluding hydrogens is 536 g/mol. The predicted octanol–water partition coefficient (Wildman–Crippen LogP) is 6.68. The molecule has 0 spiro atoms. The SMILES string of the molecule is CC(C)(C)C(=O)Oc1ccc2cc(COC(=O)C(=O)OCc3ccc4cc(OC(=O)C(C)(C)C)ccc4c3)ccc2c1. The molecule has 4 aromatic carbocycles. The van der Waals surface area contributed by atoms with Gasteiger partial charge in [0.15, 0.2) is 0 Å². The monoisotopic (exact) mass is 570 g/mol. The third-order valence-electron chi connectivity index (χ3n) is 6.30. The van der Waals surface area contributed by atoms with Crippen LogP contribution < -0.4 is 9.47 Å². The molecule has 0 saturated carbocycles. The molecule has 0 unspecified atom stereocenters. The first-order chi connectivity index (χ1) is 19.7. The van der Waals surface area contributed by atoms with Crippen LogP contribution in [0.5, 0.6) is 11.5 Å². The van der Waals surface area contributed by atoms with Crippen LogP contribution in [0, 0.1) is 10.8 Å². The molecule has 8 nitrogen and oxygen atoms in total. The van der Waals surface area contributed by atoms with Crippen molar-refractivity contribution in [1.82, 2.24) is 0 Å². The van der Waals surface area contributed by atoms with Crippen LogP contribution in [0.2, 0.25) is 0 Å². The summed E-state index contributed by atoms with van der Waals surface area (Å²) in [5.41, 5.74) is 0.138. The maximum absolute atomic E-state index is 12.3. The van der Waals surface area contributed by atoms with Crippen LogP contribution in [-0.2, 0) is 41.9 Å². The van der Waals surface area contributed by atoms with Gasteiger partial charge in [-0.1, -0.05) is 36.4 Å². The summed E-state index contributed by atoms with van der Waals surface area (Å²) in [5, 5.41) is 3.41. The Bertz CT molecular complexity index is 1550. The van der Waals surface area contributed by atoms with E-state index in [1.54, 1.807) is 77.9 Å². The van der Waals surface area contributed by atoms with Crippen LogP contribution in [0.1, 0.15) is 52.7 Å². The number of benzene rings is 4. The van der Waals surface area contributed by atoms with Crippen molar-refractivity contribution >= 4 is 45.4 Å². The number of hydrogen-bond donors (Lipinski definition) is 0. The molecule has 0 heterocycles. The first-order valence-electron chi connectivity index (χ1n) is 13.5. The number of carbonyl (C=O) groups is 4. The average Bonchev–Trinajstić information content (AvgIpc) is 2.93. The number of fused-ring (bicyclic) bond motifs is 2. The molecule has 0 fully saturated rings. The zero-order valence-electron chi connectivity index (χ0n) is 24.6. The molecule has 4 aromatic rings. The molecule has 0 atom stereocenters. The van der Waals surface area contributed by atoms with E-state index in [1.165, 1.54) is 0 Å². The molecular formula is C34H34O8. The van der Waals surface area contributed by atoms with Gasteiger partial charge in [-0.05, 0) is 111 Å². The first kappa shape index (κ1) is 30.2.